The molecule has 1 aromatic heterocycles. The maximum Gasteiger partial charge on any atom is 0.328 e. The highest BCUT2D eigenvalue weighted by molar-refractivity contribution is 5.97. The van der Waals surface area contributed by atoms with E-state index in [4.69, 9.17) is 9.84 Å². The van der Waals surface area contributed by atoms with Crippen LogP contribution < -0.4 is 5.32 Å². The van der Waals surface area contributed by atoms with Crippen molar-refractivity contribution in [3.63, 3.8) is 0 Å². The van der Waals surface area contributed by atoms with Gasteiger partial charge in [-0.3, -0.25) is 9.78 Å². The standard InChI is InChI=1S/C14H18N2O4/c1-2-20-10-4-9-16-14(19)13-11(5-3-8-15-13)6-7-12(17)18/h3,5-8H,2,4,9-10H2,1H3,(H,16,19)(H,17,18)/b7-6+. The Labute approximate surface area is 117 Å². The first-order valence-corrected chi connectivity index (χ1v) is 6.37. The third-order valence-corrected chi connectivity index (χ3v) is 2.41. The van der Waals surface area contributed by atoms with Crippen LogP contribution in [0.5, 0.6) is 0 Å². The summed E-state index contributed by atoms with van der Waals surface area (Å²) in [5, 5.41) is 11.3. The zero-order valence-corrected chi connectivity index (χ0v) is 11.3. The minimum Gasteiger partial charge on any atom is -0.478 e. The van der Waals surface area contributed by atoms with Crippen LogP contribution in [0.1, 0.15) is 29.4 Å². The van der Waals surface area contributed by atoms with E-state index in [1.807, 2.05) is 6.92 Å². The van der Waals surface area contributed by atoms with Crippen molar-refractivity contribution in [2.75, 3.05) is 19.8 Å². The number of amides is 1. The van der Waals surface area contributed by atoms with Crippen LogP contribution in [0.3, 0.4) is 0 Å². The van der Waals surface area contributed by atoms with Crippen LogP contribution >= 0.6 is 0 Å². The molecule has 0 aliphatic carbocycles. The van der Waals surface area contributed by atoms with Gasteiger partial charge in [0.1, 0.15) is 5.69 Å². The molecule has 0 radical (unpaired) electrons. The Balaban J connectivity index is 2.61. The molecule has 1 rings (SSSR count). The Morgan fingerprint density at radius 2 is 2.30 bits per heavy atom. The number of carboxylic acids is 1. The highest BCUT2D eigenvalue weighted by Crippen LogP contribution is 2.07. The largest absolute Gasteiger partial charge is 0.478 e. The van der Waals surface area contributed by atoms with Gasteiger partial charge < -0.3 is 15.2 Å². The molecule has 0 aromatic carbocycles. The molecule has 0 unspecified atom stereocenters. The van der Waals surface area contributed by atoms with E-state index in [-0.39, 0.29) is 11.6 Å². The van der Waals surface area contributed by atoms with E-state index >= 15 is 0 Å². The van der Waals surface area contributed by atoms with Gasteiger partial charge >= 0.3 is 5.97 Å². The molecule has 1 amide bonds. The highest BCUT2D eigenvalue weighted by Gasteiger charge is 2.10. The van der Waals surface area contributed by atoms with Gasteiger partial charge in [0, 0.05) is 37.6 Å². The van der Waals surface area contributed by atoms with Gasteiger partial charge in [-0.1, -0.05) is 6.07 Å². The van der Waals surface area contributed by atoms with Crippen molar-refractivity contribution in [2.24, 2.45) is 0 Å². The lowest BCUT2D eigenvalue weighted by Crippen LogP contribution is -2.26. The summed E-state index contributed by atoms with van der Waals surface area (Å²) in [6, 6.07) is 3.29. The summed E-state index contributed by atoms with van der Waals surface area (Å²) in [6.45, 7) is 3.63. The number of nitrogens with zero attached hydrogens (tertiary/aromatic N) is 1. The predicted molar refractivity (Wildman–Crippen MR) is 74.4 cm³/mol. The lowest BCUT2D eigenvalue weighted by molar-refractivity contribution is -0.131. The number of aliphatic carboxylic acids is 1. The second-order valence-corrected chi connectivity index (χ2v) is 3.92. The molecule has 0 spiro atoms. The quantitative estimate of drug-likeness (QED) is 0.553. The second-order valence-electron chi connectivity index (χ2n) is 3.92. The van der Waals surface area contributed by atoms with Gasteiger partial charge in [0.15, 0.2) is 0 Å². The molecule has 108 valence electrons. The lowest BCUT2D eigenvalue weighted by atomic mass is 10.1. The SMILES string of the molecule is CCOCCCNC(=O)c1ncccc1/C=C/C(=O)O. The molecule has 0 aliphatic rings. The molecule has 0 bridgehead atoms. The molecule has 20 heavy (non-hydrogen) atoms. The highest BCUT2D eigenvalue weighted by atomic mass is 16.5. The Hall–Kier alpha value is -2.21. The first-order chi connectivity index (χ1) is 9.65. The van der Waals surface area contributed by atoms with Crippen molar-refractivity contribution < 1.29 is 19.4 Å². The Kier molecular flexibility index (Phi) is 6.99. The summed E-state index contributed by atoms with van der Waals surface area (Å²) in [5.74, 6) is -1.40. The number of hydrogen-bond acceptors (Lipinski definition) is 4. The number of pyridine rings is 1. The van der Waals surface area contributed by atoms with Gasteiger partial charge in [-0.15, -0.1) is 0 Å². The molecule has 0 saturated heterocycles. The molecule has 6 heteroatoms. The van der Waals surface area contributed by atoms with Crippen LogP contribution in [0.4, 0.5) is 0 Å². The van der Waals surface area contributed by atoms with E-state index in [1.54, 1.807) is 12.1 Å². The van der Waals surface area contributed by atoms with Crippen molar-refractivity contribution in [3.05, 3.63) is 35.7 Å². The predicted octanol–water partition coefficient (Wildman–Crippen LogP) is 1.34. The monoisotopic (exact) mass is 278 g/mol. The average molecular weight is 278 g/mol. The molecule has 2 N–H and O–H groups in total. The van der Waals surface area contributed by atoms with Crippen LogP contribution in [0.25, 0.3) is 6.08 Å². The van der Waals surface area contributed by atoms with E-state index in [0.29, 0.717) is 31.7 Å². The molecular weight excluding hydrogens is 260 g/mol. The summed E-state index contributed by atoms with van der Waals surface area (Å²) in [6.07, 6.45) is 4.53. The number of nitrogens with one attached hydrogen (secondary N) is 1. The van der Waals surface area contributed by atoms with Crippen molar-refractivity contribution in [3.8, 4) is 0 Å². The number of carbonyl (C=O) groups excluding carboxylic acids is 1. The molecular formula is C14H18N2O4. The maximum atomic E-state index is 11.9. The topological polar surface area (TPSA) is 88.5 Å². The second kappa shape index (κ2) is 8.82. The van der Waals surface area contributed by atoms with Gasteiger partial charge in [0.05, 0.1) is 0 Å². The number of aromatic nitrogens is 1. The van der Waals surface area contributed by atoms with Crippen LogP contribution in [-0.4, -0.2) is 41.7 Å². The summed E-state index contributed by atoms with van der Waals surface area (Å²) >= 11 is 0. The van der Waals surface area contributed by atoms with E-state index < -0.39 is 5.97 Å². The Bertz CT molecular complexity index is 486. The van der Waals surface area contributed by atoms with Gasteiger partial charge in [0.25, 0.3) is 5.91 Å². The number of carboxylic acid groups (broad SMARTS) is 1. The summed E-state index contributed by atoms with van der Waals surface area (Å²) in [4.78, 5) is 26.4. The van der Waals surface area contributed by atoms with Gasteiger partial charge in [-0.2, -0.15) is 0 Å². The first-order valence-electron chi connectivity index (χ1n) is 6.37. The number of rotatable bonds is 8. The Morgan fingerprint density at radius 1 is 1.50 bits per heavy atom. The lowest BCUT2D eigenvalue weighted by Gasteiger charge is -2.06. The van der Waals surface area contributed by atoms with Crippen molar-refractivity contribution in [1.82, 2.24) is 10.3 Å². The molecule has 0 atom stereocenters. The fraction of sp³-hybridized carbons (Fsp3) is 0.357. The van der Waals surface area contributed by atoms with Crippen LogP contribution in [0, 0.1) is 0 Å². The fourth-order valence-corrected chi connectivity index (χ4v) is 1.51. The summed E-state index contributed by atoms with van der Waals surface area (Å²) < 4.78 is 5.17. The van der Waals surface area contributed by atoms with Crippen LogP contribution in [0.15, 0.2) is 24.4 Å². The average Bonchev–Trinajstić information content (AvgIpc) is 2.45. The molecule has 1 heterocycles. The third-order valence-electron chi connectivity index (χ3n) is 2.41. The molecule has 0 saturated carbocycles. The summed E-state index contributed by atoms with van der Waals surface area (Å²) in [5.41, 5.74) is 0.679. The smallest absolute Gasteiger partial charge is 0.328 e. The zero-order chi connectivity index (χ0) is 14.8. The Morgan fingerprint density at radius 3 is 3.00 bits per heavy atom. The number of hydrogen-bond donors (Lipinski definition) is 2. The number of carbonyl (C=O) groups is 2. The zero-order valence-electron chi connectivity index (χ0n) is 11.3. The third kappa shape index (κ3) is 5.62. The van der Waals surface area contributed by atoms with Crippen LogP contribution in [0.2, 0.25) is 0 Å². The maximum absolute atomic E-state index is 11.9. The van der Waals surface area contributed by atoms with Crippen molar-refractivity contribution in [2.45, 2.75) is 13.3 Å². The molecule has 0 fully saturated rings. The fourth-order valence-electron chi connectivity index (χ4n) is 1.51. The molecule has 1 aromatic rings. The molecule has 0 aliphatic heterocycles. The van der Waals surface area contributed by atoms with Gasteiger partial charge in [0.2, 0.25) is 0 Å². The molecule has 6 nitrogen and oxygen atoms in total. The van der Waals surface area contributed by atoms with E-state index in [1.165, 1.54) is 12.3 Å². The first kappa shape index (κ1) is 15.8. The van der Waals surface area contributed by atoms with E-state index in [9.17, 15) is 9.59 Å². The normalized spacial score (nSPS) is 10.7. The van der Waals surface area contributed by atoms with Crippen molar-refractivity contribution in [1.29, 1.82) is 0 Å². The minimum absolute atomic E-state index is 0.210. The summed E-state index contributed by atoms with van der Waals surface area (Å²) in [7, 11) is 0. The van der Waals surface area contributed by atoms with Crippen molar-refractivity contribution >= 4 is 18.0 Å². The minimum atomic E-state index is -1.07. The number of ether oxygens (including phenoxy) is 1. The van der Waals surface area contributed by atoms with E-state index in [0.717, 1.165) is 6.08 Å². The van der Waals surface area contributed by atoms with Gasteiger partial charge in [-0.25, -0.2) is 4.79 Å². The van der Waals surface area contributed by atoms with Gasteiger partial charge in [-0.05, 0) is 25.5 Å². The van der Waals surface area contributed by atoms with Crippen LogP contribution in [-0.2, 0) is 9.53 Å². The van der Waals surface area contributed by atoms with E-state index in [2.05, 4.69) is 10.3 Å².